The van der Waals surface area contributed by atoms with Crippen LogP contribution in [0.1, 0.15) is 31.7 Å². The highest BCUT2D eigenvalue weighted by Gasteiger charge is 2.53. The van der Waals surface area contributed by atoms with Crippen molar-refractivity contribution in [3.8, 4) is 0 Å². The van der Waals surface area contributed by atoms with Gasteiger partial charge in [0.1, 0.15) is 0 Å². The summed E-state index contributed by atoms with van der Waals surface area (Å²) in [6.07, 6.45) is 9.85. The maximum Gasteiger partial charge on any atom is 0.0521 e. The highest BCUT2D eigenvalue weighted by Crippen LogP contribution is 2.60. The normalized spacial score (nSPS) is 34.9. The van der Waals surface area contributed by atoms with Crippen LogP contribution in [0.2, 0.25) is 0 Å². The van der Waals surface area contributed by atoms with Crippen molar-refractivity contribution in [1.82, 2.24) is 15.1 Å². The molecule has 3 rings (SSSR count). The van der Waals surface area contributed by atoms with Crippen LogP contribution in [0.3, 0.4) is 0 Å². The van der Waals surface area contributed by atoms with Gasteiger partial charge in [-0.25, -0.2) is 0 Å². The summed E-state index contributed by atoms with van der Waals surface area (Å²) in [5.74, 6) is 2.09. The van der Waals surface area contributed by atoms with Gasteiger partial charge in [0.05, 0.1) is 6.20 Å². The summed E-state index contributed by atoms with van der Waals surface area (Å²) in [5, 5.41) is 7.80. The molecule has 17 heavy (non-hydrogen) atoms. The molecule has 0 aromatic carbocycles. The molecular formula is C14H23N3. The molecule has 0 aliphatic heterocycles. The van der Waals surface area contributed by atoms with Gasteiger partial charge < -0.3 is 5.32 Å². The summed E-state index contributed by atoms with van der Waals surface area (Å²) in [4.78, 5) is 0. The van der Waals surface area contributed by atoms with Crippen LogP contribution in [0.25, 0.3) is 0 Å². The summed E-state index contributed by atoms with van der Waals surface area (Å²) in [6, 6.07) is 0. The minimum Gasteiger partial charge on any atom is -0.319 e. The Morgan fingerprint density at radius 3 is 2.82 bits per heavy atom. The molecule has 0 bridgehead atoms. The van der Waals surface area contributed by atoms with Gasteiger partial charge in [-0.2, -0.15) is 5.10 Å². The van der Waals surface area contributed by atoms with Gasteiger partial charge >= 0.3 is 0 Å². The van der Waals surface area contributed by atoms with Crippen molar-refractivity contribution in [3.05, 3.63) is 18.0 Å². The third-order valence-corrected chi connectivity index (χ3v) is 4.60. The fourth-order valence-corrected chi connectivity index (χ4v) is 3.84. The Balaban J connectivity index is 1.71. The Labute approximate surface area is 104 Å². The molecule has 0 saturated heterocycles. The molecule has 2 aliphatic rings. The fraction of sp³-hybridized carbons (Fsp3) is 0.786. The quantitative estimate of drug-likeness (QED) is 0.844. The topological polar surface area (TPSA) is 29.9 Å². The zero-order valence-corrected chi connectivity index (χ0v) is 10.9. The van der Waals surface area contributed by atoms with Crippen molar-refractivity contribution in [1.29, 1.82) is 0 Å². The SMILES string of the molecule is CCn1cc(CC2(CNC)CC3CC3C2)cn1. The highest BCUT2D eigenvalue weighted by molar-refractivity contribution is 5.13. The van der Waals surface area contributed by atoms with Crippen LogP contribution in [0, 0.1) is 17.3 Å². The Kier molecular flexibility index (Phi) is 2.74. The van der Waals surface area contributed by atoms with Crippen LogP contribution in [0.5, 0.6) is 0 Å². The van der Waals surface area contributed by atoms with Crippen LogP contribution in [0.15, 0.2) is 12.4 Å². The first-order valence-corrected chi connectivity index (χ1v) is 6.90. The molecule has 1 heterocycles. The molecular weight excluding hydrogens is 210 g/mol. The Bertz CT molecular complexity index is 386. The van der Waals surface area contributed by atoms with Crippen LogP contribution in [-0.2, 0) is 13.0 Å². The zero-order valence-electron chi connectivity index (χ0n) is 10.9. The van der Waals surface area contributed by atoms with Gasteiger partial charge in [0.25, 0.3) is 0 Å². The second-order valence-electron chi connectivity index (χ2n) is 6.08. The molecule has 0 spiro atoms. The smallest absolute Gasteiger partial charge is 0.0521 e. The standard InChI is InChI=1S/C14H23N3/c1-3-17-9-11(8-16-17)5-14(10-15-2)6-12-4-13(12)7-14/h8-9,12-13,15H,3-7,10H2,1-2H3. The number of aryl methyl sites for hydroxylation is 1. The summed E-state index contributed by atoms with van der Waals surface area (Å²) >= 11 is 0. The second kappa shape index (κ2) is 4.13. The minimum absolute atomic E-state index is 0.518. The third-order valence-electron chi connectivity index (χ3n) is 4.60. The summed E-state index contributed by atoms with van der Waals surface area (Å²) < 4.78 is 2.04. The largest absolute Gasteiger partial charge is 0.319 e. The molecule has 2 atom stereocenters. The van der Waals surface area contributed by atoms with Gasteiger partial charge in [-0.3, -0.25) is 4.68 Å². The van der Waals surface area contributed by atoms with E-state index in [4.69, 9.17) is 0 Å². The highest BCUT2D eigenvalue weighted by atomic mass is 15.3. The summed E-state index contributed by atoms with van der Waals surface area (Å²) in [7, 11) is 2.08. The number of nitrogens with zero attached hydrogens (tertiary/aromatic N) is 2. The lowest BCUT2D eigenvalue weighted by Crippen LogP contribution is -2.33. The first-order valence-electron chi connectivity index (χ1n) is 6.90. The van der Waals surface area contributed by atoms with Crippen molar-refractivity contribution in [2.75, 3.05) is 13.6 Å². The molecule has 2 fully saturated rings. The van der Waals surface area contributed by atoms with E-state index in [2.05, 4.69) is 36.8 Å². The molecule has 1 aromatic rings. The van der Waals surface area contributed by atoms with Crippen molar-refractivity contribution in [2.24, 2.45) is 17.3 Å². The van der Waals surface area contributed by atoms with Gasteiger partial charge in [0.2, 0.25) is 0 Å². The average molecular weight is 233 g/mol. The number of hydrogen-bond acceptors (Lipinski definition) is 2. The lowest BCUT2D eigenvalue weighted by molar-refractivity contribution is 0.255. The molecule has 2 saturated carbocycles. The summed E-state index contributed by atoms with van der Waals surface area (Å²) in [5.41, 5.74) is 1.94. The van der Waals surface area contributed by atoms with E-state index in [9.17, 15) is 0 Å². The monoisotopic (exact) mass is 233 g/mol. The van der Waals surface area contributed by atoms with Crippen molar-refractivity contribution in [3.63, 3.8) is 0 Å². The molecule has 94 valence electrons. The van der Waals surface area contributed by atoms with Gasteiger partial charge in [0, 0.05) is 19.3 Å². The van der Waals surface area contributed by atoms with Crippen LogP contribution in [0.4, 0.5) is 0 Å². The zero-order chi connectivity index (χ0) is 11.9. The van der Waals surface area contributed by atoms with E-state index in [0.29, 0.717) is 5.41 Å². The van der Waals surface area contributed by atoms with E-state index in [1.54, 1.807) is 0 Å². The average Bonchev–Trinajstić information content (AvgIpc) is 2.77. The predicted molar refractivity (Wildman–Crippen MR) is 68.8 cm³/mol. The Morgan fingerprint density at radius 2 is 2.24 bits per heavy atom. The molecule has 3 nitrogen and oxygen atoms in total. The molecule has 2 aliphatic carbocycles. The van der Waals surface area contributed by atoms with Crippen molar-refractivity contribution < 1.29 is 0 Å². The van der Waals surface area contributed by atoms with Gasteiger partial charge in [-0.05, 0) is 62.5 Å². The Morgan fingerprint density at radius 1 is 1.47 bits per heavy atom. The van der Waals surface area contributed by atoms with E-state index in [1.807, 2.05) is 4.68 Å². The van der Waals surface area contributed by atoms with E-state index in [-0.39, 0.29) is 0 Å². The molecule has 0 amide bonds. The first-order chi connectivity index (χ1) is 8.24. The maximum atomic E-state index is 4.39. The predicted octanol–water partition coefficient (Wildman–Crippen LogP) is 2.08. The molecule has 3 heteroatoms. The molecule has 1 aromatic heterocycles. The van der Waals surface area contributed by atoms with E-state index < -0.39 is 0 Å². The minimum atomic E-state index is 0.518. The van der Waals surface area contributed by atoms with Crippen LogP contribution >= 0.6 is 0 Å². The number of aromatic nitrogens is 2. The van der Waals surface area contributed by atoms with Crippen LogP contribution < -0.4 is 5.32 Å². The Hall–Kier alpha value is -0.830. The fourth-order valence-electron chi connectivity index (χ4n) is 3.84. The van der Waals surface area contributed by atoms with Gasteiger partial charge in [0.15, 0.2) is 0 Å². The van der Waals surface area contributed by atoms with Gasteiger partial charge in [-0.15, -0.1) is 0 Å². The van der Waals surface area contributed by atoms with E-state index in [1.165, 1.54) is 31.2 Å². The number of hydrogen-bond donors (Lipinski definition) is 1. The molecule has 2 unspecified atom stereocenters. The number of rotatable bonds is 5. The van der Waals surface area contributed by atoms with Gasteiger partial charge in [-0.1, -0.05) is 0 Å². The van der Waals surface area contributed by atoms with Crippen molar-refractivity contribution >= 4 is 0 Å². The number of fused-ring (bicyclic) bond motifs is 1. The number of nitrogens with one attached hydrogen (secondary N) is 1. The van der Waals surface area contributed by atoms with E-state index in [0.717, 1.165) is 24.9 Å². The molecule has 0 radical (unpaired) electrons. The maximum absolute atomic E-state index is 4.39. The van der Waals surface area contributed by atoms with Crippen LogP contribution in [-0.4, -0.2) is 23.4 Å². The van der Waals surface area contributed by atoms with Crippen molar-refractivity contribution in [2.45, 2.75) is 39.2 Å². The third kappa shape index (κ3) is 2.13. The van der Waals surface area contributed by atoms with E-state index >= 15 is 0 Å². The lowest BCUT2D eigenvalue weighted by Gasteiger charge is -2.30. The molecule has 1 N–H and O–H groups in total. The summed E-state index contributed by atoms with van der Waals surface area (Å²) in [6.45, 7) is 4.28. The lowest BCUT2D eigenvalue weighted by atomic mass is 9.78. The second-order valence-corrected chi connectivity index (χ2v) is 6.08. The first kappa shape index (κ1) is 11.3.